The molecular formula is C23H22O8. The van der Waals surface area contributed by atoms with E-state index in [9.17, 15) is 9.90 Å². The largest absolute Gasteiger partial charge is 0.506 e. The zero-order chi connectivity index (χ0) is 21.3. The van der Waals surface area contributed by atoms with Gasteiger partial charge in [0, 0.05) is 30.0 Å². The lowest BCUT2D eigenvalue weighted by molar-refractivity contribution is -0.266. The Hall–Kier alpha value is -2.39. The smallest absolute Gasteiger partial charge is 0.276 e. The number of ketones is 1. The number of hydrogen-bond donors (Lipinski definition) is 1. The molecular weight excluding hydrogens is 404 g/mol. The minimum absolute atomic E-state index is 0.0722. The van der Waals surface area contributed by atoms with Gasteiger partial charge in [0.25, 0.3) is 5.79 Å². The Morgan fingerprint density at radius 3 is 2.74 bits per heavy atom. The second-order valence-electron chi connectivity index (χ2n) is 8.97. The number of aromatic hydroxyl groups is 1. The van der Waals surface area contributed by atoms with Crippen LogP contribution in [0.2, 0.25) is 0 Å². The number of rotatable bonds is 2. The first-order valence-electron chi connectivity index (χ1n) is 10.6. The molecule has 2 aromatic rings. The van der Waals surface area contributed by atoms with Crippen LogP contribution in [0.4, 0.5) is 0 Å². The van der Waals surface area contributed by atoms with Crippen molar-refractivity contribution < 1.29 is 38.3 Å². The lowest BCUT2D eigenvalue weighted by Crippen LogP contribution is -2.64. The molecule has 4 aliphatic heterocycles. The average Bonchev–Trinajstić information content (AvgIpc) is 3.36. The van der Waals surface area contributed by atoms with Gasteiger partial charge in [-0.3, -0.25) is 4.79 Å². The number of methoxy groups -OCH3 is 2. The summed E-state index contributed by atoms with van der Waals surface area (Å²) < 4.78 is 36.4. The molecule has 3 unspecified atom stereocenters. The molecule has 0 amide bonds. The van der Waals surface area contributed by atoms with Crippen LogP contribution in [0.3, 0.4) is 0 Å². The molecule has 7 rings (SSSR count). The summed E-state index contributed by atoms with van der Waals surface area (Å²) in [4.78, 5) is 12.8. The minimum atomic E-state index is -1.19. The van der Waals surface area contributed by atoms with Gasteiger partial charge in [-0.05, 0) is 31.4 Å². The van der Waals surface area contributed by atoms with Crippen molar-refractivity contribution in [3.05, 3.63) is 28.3 Å². The Bertz CT molecular complexity index is 1200. The molecule has 162 valence electrons. The number of epoxide rings is 1. The zero-order valence-corrected chi connectivity index (χ0v) is 17.4. The van der Waals surface area contributed by atoms with Gasteiger partial charge in [0.2, 0.25) is 5.60 Å². The monoisotopic (exact) mass is 426 g/mol. The van der Waals surface area contributed by atoms with Crippen LogP contribution in [0.5, 0.6) is 17.2 Å². The van der Waals surface area contributed by atoms with Gasteiger partial charge < -0.3 is 33.5 Å². The van der Waals surface area contributed by atoms with E-state index < -0.39 is 29.9 Å². The van der Waals surface area contributed by atoms with Crippen LogP contribution in [-0.4, -0.2) is 55.5 Å². The highest BCUT2D eigenvalue weighted by Gasteiger charge is 2.85. The van der Waals surface area contributed by atoms with E-state index >= 15 is 0 Å². The average molecular weight is 426 g/mol. The van der Waals surface area contributed by atoms with Gasteiger partial charge in [0.05, 0.1) is 24.7 Å². The first kappa shape index (κ1) is 18.2. The number of benzene rings is 2. The van der Waals surface area contributed by atoms with Crippen LogP contribution >= 0.6 is 0 Å². The van der Waals surface area contributed by atoms with Crippen molar-refractivity contribution in [2.45, 2.75) is 56.1 Å². The molecule has 0 aromatic heterocycles. The number of ether oxygens (including phenoxy) is 6. The number of phenols is 1. The number of aryl methyl sites for hydroxylation is 1. The predicted molar refractivity (Wildman–Crippen MR) is 106 cm³/mol. The van der Waals surface area contributed by atoms with Crippen LogP contribution in [0.25, 0.3) is 10.8 Å². The Labute approximate surface area is 177 Å². The molecule has 31 heavy (non-hydrogen) atoms. The maximum Gasteiger partial charge on any atom is 0.276 e. The number of hydrogen-bond acceptors (Lipinski definition) is 8. The fourth-order valence-corrected chi connectivity index (χ4v) is 6.16. The summed E-state index contributed by atoms with van der Waals surface area (Å²) in [7, 11) is 3.16. The van der Waals surface area contributed by atoms with Gasteiger partial charge in [-0.1, -0.05) is 0 Å². The second-order valence-corrected chi connectivity index (χ2v) is 8.97. The topological polar surface area (TPSA) is 96.0 Å². The van der Waals surface area contributed by atoms with Crippen molar-refractivity contribution in [3.63, 3.8) is 0 Å². The van der Waals surface area contributed by atoms with E-state index in [0.717, 1.165) is 23.1 Å². The molecule has 8 heteroatoms. The van der Waals surface area contributed by atoms with Crippen molar-refractivity contribution in [1.82, 2.24) is 0 Å². The fourth-order valence-electron chi connectivity index (χ4n) is 6.16. The molecule has 2 bridgehead atoms. The van der Waals surface area contributed by atoms with E-state index in [2.05, 4.69) is 0 Å². The molecule has 5 aliphatic rings. The highest BCUT2D eigenvalue weighted by atomic mass is 16.9. The summed E-state index contributed by atoms with van der Waals surface area (Å²) in [6.45, 7) is 2.37. The first-order valence-corrected chi connectivity index (χ1v) is 10.6. The summed E-state index contributed by atoms with van der Waals surface area (Å²) >= 11 is 0. The number of carbonyl (C=O) groups excluding carboxylic acids is 1. The molecule has 0 saturated carbocycles. The molecule has 1 spiro atoms. The quantitative estimate of drug-likeness (QED) is 0.733. The molecule has 3 saturated heterocycles. The third kappa shape index (κ3) is 1.83. The van der Waals surface area contributed by atoms with Crippen LogP contribution in [-0.2, 0) is 25.4 Å². The van der Waals surface area contributed by atoms with Crippen LogP contribution in [0, 0.1) is 6.92 Å². The van der Waals surface area contributed by atoms with E-state index in [1.807, 2.05) is 13.0 Å². The number of fused-ring (bicyclic) bond motifs is 8. The maximum atomic E-state index is 12.8. The Kier molecular flexibility index (Phi) is 3.23. The SMILES string of the molecule is COc1c2c(c(O)c3c4c(c(C)cc13)C1OC3OC1[C@@](OC)(O4)[C@@]31CO1)C(=O)CCC2. The van der Waals surface area contributed by atoms with Gasteiger partial charge in [-0.15, -0.1) is 0 Å². The highest BCUT2D eigenvalue weighted by Crippen LogP contribution is 2.67. The van der Waals surface area contributed by atoms with Gasteiger partial charge in [0.15, 0.2) is 18.2 Å². The van der Waals surface area contributed by atoms with E-state index in [1.54, 1.807) is 14.2 Å². The lowest BCUT2D eigenvalue weighted by atomic mass is 9.80. The zero-order valence-electron chi connectivity index (χ0n) is 17.4. The van der Waals surface area contributed by atoms with Crippen LogP contribution in [0.15, 0.2) is 6.07 Å². The number of carbonyl (C=O) groups is 1. The molecule has 2 aromatic carbocycles. The summed E-state index contributed by atoms with van der Waals surface area (Å²) in [5, 5.41) is 12.5. The Morgan fingerprint density at radius 1 is 1.23 bits per heavy atom. The van der Waals surface area contributed by atoms with Gasteiger partial charge in [0.1, 0.15) is 23.4 Å². The normalized spacial score (nSPS) is 36.5. The Balaban J connectivity index is 1.59. The summed E-state index contributed by atoms with van der Waals surface area (Å²) in [5.41, 5.74) is 1.97. The second kappa shape index (κ2) is 5.50. The van der Waals surface area contributed by atoms with Crippen LogP contribution in [0.1, 0.15) is 46.0 Å². The molecule has 3 fully saturated rings. The van der Waals surface area contributed by atoms with Gasteiger partial charge >= 0.3 is 0 Å². The van der Waals surface area contributed by atoms with E-state index in [-0.39, 0.29) is 11.5 Å². The molecule has 0 radical (unpaired) electrons. The molecule has 1 aliphatic carbocycles. The third-order valence-corrected chi connectivity index (χ3v) is 7.59. The lowest BCUT2D eigenvalue weighted by Gasteiger charge is -2.46. The maximum absolute atomic E-state index is 12.8. The number of Topliss-reactive ketones (excluding diaryl/α,β-unsaturated/α-hetero) is 1. The van der Waals surface area contributed by atoms with Crippen molar-refractivity contribution in [2.75, 3.05) is 20.8 Å². The van der Waals surface area contributed by atoms with E-state index in [1.165, 1.54) is 0 Å². The standard InChI is InChI=1S/C23H22O8/c1-9-7-11-15(16(25)14-10(17(11)26-2)5-4-6-12(14)24)18-13(9)19-20-23(27-3,31-18)22(8-28-22)21(29-19)30-20/h7,19-21,25H,4-6,8H2,1-3H3/t19?,20?,21?,22-,23-/m1/s1. The molecule has 5 atom stereocenters. The summed E-state index contributed by atoms with van der Waals surface area (Å²) in [5.74, 6) is -0.305. The van der Waals surface area contributed by atoms with Crippen molar-refractivity contribution in [3.8, 4) is 17.2 Å². The minimum Gasteiger partial charge on any atom is -0.506 e. The summed E-state index contributed by atoms with van der Waals surface area (Å²) in [6, 6.07) is 1.97. The third-order valence-electron chi connectivity index (χ3n) is 7.59. The van der Waals surface area contributed by atoms with Crippen molar-refractivity contribution >= 4 is 16.6 Å². The number of phenolic OH excluding ortho intramolecular Hbond substituents is 1. The first-order chi connectivity index (χ1) is 15.0. The Morgan fingerprint density at radius 2 is 2.03 bits per heavy atom. The fraction of sp³-hybridized carbons (Fsp3) is 0.522. The molecule has 8 nitrogen and oxygen atoms in total. The van der Waals surface area contributed by atoms with E-state index in [4.69, 9.17) is 28.4 Å². The molecule has 1 N–H and O–H groups in total. The van der Waals surface area contributed by atoms with Crippen LogP contribution < -0.4 is 9.47 Å². The van der Waals surface area contributed by atoms with Gasteiger partial charge in [-0.2, -0.15) is 0 Å². The van der Waals surface area contributed by atoms with Crippen molar-refractivity contribution in [1.29, 1.82) is 0 Å². The molecule has 4 heterocycles. The predicted octanol–water partition coefficient (Wildman–Crippen LogP) is 2.68. The van der Waals surface area contributed by atoms with Crippen molar-refractivity contribution in [2.24, 2.45) is 0 Å². The highest BCUT2D eigenvalue weighted by molar-refractivity contribution is 6.11. The van der Waals surface area contributed by atoms with E-state index in [0.29, 0.717) is 47.3 Å². The summed E-state index contributed by atoms with van der Waals surface area (Å²) in [6.07, 6.45) is 0.316. The van der Waals surface area contributed by atoms with Gasteiger partial charge in [-0.25, -0.2) is 0 Å².